The summed E-state index contributed by atoms with van der Waals surface area (Å²) >= 11 is 1.37. The van der Waals surface area contributed by atoms with Crippen LogP contribution < -0.4 is 25.4 Å². The van der Waals surface area contributed by atoms with Gasteiger partial charge in [0.1, 0.15) is 5.70 Å². The third-order valence-corrected chi connectivity index (χ3v) is 7.62. The van der Waals surface area contributed by atoms with Crippen LogP contribution in [0, 0.1) is 13.8 Å². The van der Waals surface area contributed by atoms with Crippen LogP contribution in [0.2, 0.25) is 0 Å². The van der Waals surface area contributed by atoms with E-state index in [1.54, 1.807) is 66.7 Å². The fraction of sp³-hybridized carbons (Fsp3) is 0.171. The summed E-state index contributed by atoms with van der Waals surface area (Å²) in [5.74, 6) is -0.212. The van der Waals surface area contributed by atoms with Crippen LogP contribution >= 0.6 is 11.8 Å². The van der Waals surface area contributed by atoms with Crippen LogP contribution in [0.25, 0.3) is 6.08 Å². The van der Waals surface area contributed by atoms with E-state index in [1.165, 1.54) is 32.1 Å². The van der Waals surface area contributed by atoms with Crippen molar-refractivity contribution < 1.29 is 23.9 Å². The lowest BCUT2D eigenvalue weighted by Gasteiger charge is -2.15. The molecular weight excluding hydrogens is 574 g/mol. The smallest absolute Gasteiger partial charge is 0.272 e. The number of nitrogens with one attached hydrogen (secondary N) is 3. The maximum absolute atomic E-state index is 13.6. The monoisotopic (exact) mass is 609 g/mol. The summed E-state index contributed by atoms with van der Waals surface area (Å²) in [6, 6.07) is 27.0. The van der Waals surface area contributed by atoms with Crippen molar-refractivity contribution in [2.75, 3.05) is 24.9 Å². The quantitative estimate of drug-likeness (QED) is 0.127. The van der Waals surface area contributed by atoms with Crippen LogP contribution in [-0.4, -0.2) is 37.2 Å². The number of aryl methyl sites for hydroxylation is 2. The van der Waals surface area contributed by atoms with Crippen molar-refractivity contribution in [3.63, 3.8) is 0 Å². The third-order valence-electron chi connectivity index (χ3n) is 6.53. The maximum Gasteiger partial charge on any atom is 0.272 e. The molecule has 3 amide bonds. The van der Waals surface area contributed by atoms with E-state index >= 15 is 0 Å². The Morgan fingerprint density at radius 1 is 0.773 bits per heavy atom. The predicted octanol–water partition coefficient (Wildman–Crippen LogP) is 6.85. The molecule has 0 aromatic heterocycles. The van der Waals surface area contributed by atoms with Crippen molar-refractivity contribution in [2.24, 2.45) is 0 Å². The second kappa shape index (κ2) is 14.9. The van der Waals surface area contributed by atoms with E-state index in [2.05, 4.69) is 22.0 Å². The fourth-order valence-electron chi connectivity index (χ4n) is 4.52. The van der Waals surface area contributed by atoms with E-state index in [1.807, 2.05) is 39.0 Å². The van der Waals surface area contributed by atoms with Gasteiger partial charge < -0.3 is 25.4 Å². The lowest BCUT2D eigenvalue weighted by atomic mass is 10.1. The normalized spacial score (nSPS) is 11.7. The first kappa shape index (κ1) is 31.9. The van der Waals surface area contributed by atoms with Crippen molar-refractivity contribution in [3.8, 4) is 11.5 Å². The molecule has 8 nitrogen and oxygen atoms in total. The number of rotatable bonds is 11. The number of benzene rings is 4. The first-order valence-corrected chi connectivity index (χ1v) is 14.8. The van der Waals surface area contributed by atoms with Gasteiger partial charge in [-0.05, 0) is 86.5 Å². The van der Waals surface area contributed by atoms with Crippen LogP contribution in [0.15, 0.2) is 102 Å². The molecule has 1 unspecified atom stereocenters. The minimum absolute atomic E-state index is 0.00431. The number of para-hydroxylation sites is 1. The Kier molecular flexibility index (Phi) is 10.8. The molecule has 0 heterocycles. The highest BCUT2D eigenvalue weighted by Crippen LogP contribution is 2.32. The van der Waals surface area contributed by atoms with Gasteiger partial charge in [0.25, 0.3) is 11.8 Å². The number of amides is 3. The van der Waals surface area contributed by atoms with Crippen molar-refractivity contribution >= 4 is 46.9 Å². The summed E-state index contributed by atoms with van der Waals surface area (Å²) in [6.45, 7) is 5.80. The van der Waals surface area contributed by atoms with Crippen LogP contribution in [-0.2, 0) is 9.59 Å². The van der Waals surface area contributed by atoms with Gasteiger partial charge in [0.15, 0.2) is 11.5 Å². The highest BCUT2D eigenvalue weighted by molar-refractivity contribution is 8.00. The maximum atomic E-state index is 13.6. The summed E-state index contributed by atoms with van der Waals surface area (Å²) in [5, 5.41) is 8.19. The van der Waals surface area contributed by atoms with Crippen molar-refractivity contribution in [3.05, 3.63) is 119 Å². The van der Waals surface area contributed by atoms with Gasteiger partial charge >= 0.3 is 0 Å². The molecule has 0 aliphatic rings. The molecule has 4 aromatic carbocycles. The minimum atomic E-state index is -0.540. The second-order valence-electron chi connectivity index (χ2n) is 10.1. The molecule has 0 saturated heterocycles. The molecule has 1 atom stereocenters. The van der Waals surface area contributed by atoms with Gasteiger partial charge in [0.05, 0.1) is 19.5 Å². The highest BCUT2D eigenvalue weighted by atomic mass is 32.2. The fourth-order valence-corrected chi connectivity index (χ4v) is 5.44. The SMILES string of the molecule is COc1cccc(/C=C(/NC(=O)c2ccccc2)C(=O)Nc2cccc(SC(C)C(=O)Nc3cc(C)cc(C)c3)c2)c1OC. The summed E-state index contributed by atoms with van der Waals surface area (Å²) < 4.78 is 10.9. The first-order valence-electron chi connectivity index (χ1n) is 13.9. The highest BCUT2D eigenvalue weighted by Gasteiger charge is 2.19. The summed E-state index contributed by atoms with van der Waals surface area (Å²) in [6.07, 6.45) is 1.54. The van der Waals surface area contributed by atoms with E-state index in [-0.39, 0.29) is 11.6 Å². The average Bonchev–Trinajstić information content (AvgIpc) is 3.00. The molecule has 9 heteroatoms. The summed E-state index contributed by atoms with van der Waals surface area (Å²) in [4.78, 5) is 40.4. The number of hydrogen-bond acceptors (Lipinski definition) is 6. The van der Waals surface area contributed by atoms with E-state index in [4.69, 9.17) is 9.47 Å². The van der Waals surface area contributed by atoms with Crippen LogP contribution in [0.4, 0.5) is 11.4 Å². The standard InChI is InChI=1S/C35H35N3O5S/c1-22-17-23(2)19-28(18-22)37-33(39)24(3)44-29-15-10-14-27(21-29)36-35(41)30(38-34(40)25-11-7-6-8-12-25)20-26-13-9-16-31(42-4)32(26)43-5/h6-21,24H,1-5H3,(H,36,41)(H,37,39)(H,38,40)/b30-20+. The number of anilines is 2. The third kappa shape index (κ3) is 8.52. The zero-order valence-corrected chi connectivity index (χ0v) is 26.1. The molecule has 0 spiro atoms. The molecule has 4 aromatic rings. The molecule has 44 heavy (non-hydrogen) atoms. The zero-order valence-electron chi connectivity index (χ0n) is 25.3. The van der Waals surface area contributed by atoms with Gasteiger partial charge in [-0.3, -0.25) is 14.4 Å². The Bertz CT molecular complexity index is 1670. The number of carbonyl (C=O) groups excluding carboxylic acids is 3. The molecule has 0 aliphatic carbocycles. The van der Waals surface area contributed by atoms with Gasteiger partial charge in [-0.25, -0.2) is 0 Å². The molecule has 4 rings (SSSR count). The largest absolute Gasteiger partial charge is 0.493 e. The van der Waals surface area contributed by atoms with Crippen molar-refractivity contribution in [2.45, 2.75) is 30.9 Å². The van der Waals surface area contributed by atoms with Crippen molar-refractivity contribution in [1.29, 1.82) is 0 Å². The molecular formula is C35H35N3O5S. The van der Waals surface area contributed by atoms with E-state index in [0.717, 1.165) is 21.7 Å². The number of ether oxygens (including phenoxy) is 2. The number of hydrogen-bond donors (Lipinski definition) is 3. The predicted molar refractivity (Wildman–Crippen MR) is 176 cm³/mol. The summed E-state index contributed by atoms with van der Waals surface area (Å²) in [7, 11) is 3.03. The molecule has 0 radical (unpaired) electrons. The van der Waals surface area contributed by atoms with Crippen LogP contribution in [0.1, 0.15) is 34.0 Å². The minimum Gasteiger partial charge on any atom is -0.493 e. The van der Waals surface area contributed by atoms with Gasteiger partial charge in [-0.1, -0.05) is 42.5 Å². The molecule has 3 N–H and O–H groups in total. The number of thioether (sulfide) groups is 1. The Labute approximate surface area is 261 Å². The number of carbonyl (C=O) groups is 3. The molecule has 226 valence electrons. The Morgan fingerprint density at radius 3 is 2.16 bits per heavy atom. The van der Waals surface area contributed by atoms with Crippen LogP contribution in [0.5, 0.6) is 11.5 Å². The Morgan fingerprint density at radius 2 is 1.48 bits per heavy atom. The molecule has 0 bridgehead atoms. The lowest BCUT2D eigenvalue weighted by molar-refractivity contribution is -0.115. The molecule has 0 saturated carbocycles. The first-order chi connectivity index (χ1) is 21.2. The van der Waals surface area contributed by atoms with E-state index in [0.29, 0.717) is 28.3 Å². The molecule has 0 aliphatic heterocycles. The lowest BCUT2D eigenvalue weighted by Crippen LogP contribution is -2.30. The zero-order chi connectivity index (χ0) is 31.6. The summed E-state index contributed by atoms with van der Waals surface area (Å²) in [5.41, 5.74) is 4.34. The number of methoxy groups -OCH3 is 2. The van der Waals surface area contributed by atoms with E-state index in [9.17, 15) is 14.4 Å². The topological polar surface area (TPSA) is 106 Å². The molecule has 0 fully saturated rings. The van der Waals surface area contributed by atoms with Gasteiger partial charge in [-0.15, -0.1) is 11.8 Å². The Balaban J connectivity index is 1.54. The van der Waals surface area contributed by atoms with Gasteiger partial charge in [0.2, 0.25) is 5.91 Å². The van der Waals surface area contributed by atoms with E-state index < -0.39 is 17.1 Å². The van der Waals surface area contributed by atoms with Crippen LogP contribution in [0.3, 0.4) is 0 Å². The Hall–Kier alpha value is -5.02. The van der Waals surface area contributed by atoms with Gasteiger partial charge in [-0.2, -0.15) is 0 Å². The van der Waals surface area contributed by atoms with Gasteiger partial charge in [0, 0.05) is 27.4 Å². The van der Waals surface area contributed by atoms with Crippen molar-refractivity contribution in [1.82, 2.24) is 5.32 Å². The average molecular weight is 610 g/mol. The second-order valence-corrected chi connectivity index (χ2v) is 11.5.